The van der Waals surface area contributed by atoms with Gasteiger partial charge in [-0.2, -0.15) is 4.99 Å². The van der Waals surface area contributed by atoms with Gasteiger partial charge < -0.3 is 0 Å². The normalized spacial score (nSPS) is 6.53. The lowest BCUT2D eigenvalue weighted by Crippen LogP contribution is -1.78. The number of nitrogens with zero attached hydrogens (tertiary/aromatic N) is 2. The van der Waals surface area contributed by atoms with Crippen LogP contribution in [0.25, 0.3) is 0 Å². The van der Waals surface area contributed by atoms with Gasteiger partial charge in [-0.25, -0.2) is 35.0 Å². The Kier molecular flexibility index (Phi) is 14.1. The van der Waals surface area contributed by atoms with Crippen LogP contribution in [0, 0.1) is 10.8 Å². The van der Waals surface area contributed by atoms with Crippen LogP contribution in [0.2, 0.25) is 0 Å². The van der Waals surface area contributed by atoms with E-state index in [-0.39, 0.29) is 0 Å². The van der Waals surface area contributed by atoms with Crippen LogP contribution in [-0.4, -0.2) is 24.3 Å². The van der Waals surface area contributed by atoms with Gasteiger partial charge in [-0.05, 0) is 17.7 Å². The molecule has 19 heavy (non-hydrogen) atoms. The van der Waals surface area contributed by atoms with E-state index < -0.39 is 0 Å². The van der Waals surface area contributed by atoms with E-state index in [1.165, 1.54) is 12.2 Å². The summed E-state index contributed by atoms with van der Waals surface area (Å²) < 4.78 is 0. The van der Waals surface area contributed by atoms with Crippen molar-refractivity contribution in [3.8, 4) is 0 Å². The second-order valence-electron chi connectivity index (χ2n) is 2.48. The maximum Gasteiger partial charge on any atom is 0.240 e. The van der Waals surface area contributed by atoms with Crippen LogP contribution in [0.4, 0.5) is 5.69 Å². The molecule has 1 aromatic rings. The van der Waals surface area contributed by atoms with Crippen LogP contribution >= 0.6 is 0 Å². The molecule has 0 bridgehead atoms. The molecule has 96 valence electrons. The first-order valence-electron chi connectivity index (χ1n) is 4.48. The molecule has 0 atom stereocenters. The summed E-state index contributed by atoms with van der Waals surface area (Å²) in [5.41, 5.74) is 1.40. The molecule has 8 nitrogen and oxygen atoms in total. The van der Waals surface area contributed by atoms with Gasteiger partial charge in [-0.1, -0.05) is 12.1 Å². The third-order valence-electron chi connectivity index (χ3n) is 1.44. The summed E-state index contributed by atoms with van der Waals surface area (Å²) in [6.07, 6.45) is 4.38. The van der Waals surface area contributed by atoms with Crippen LogP contribution in [-0.2, 0) is 25.7 Å². The third kappa shape index (κ3) is 12.7. The highest BCUT2D eigenvalue weighted by atomic mass is 16.1. The summed E-state index contributed by atoms with van der Waals surface area (Å²) in [7, 11) is 0. The second kappa shape index (κ2) is 14.7. The largest absolute Gasteiger partial charge is 0.240 e. The fraction of sp³-hybridized carbons (Fsp3) is 0.0909. The highest BCUT2D eigenvalue weighted by molar-refractivity contribution is 5.49. The zero-order chi connectivity index (χ0) is 14.9. The zero-order valence-electron chi connectivity index (χ0n) is 9.54. The van der Waals surface area contributed by atoms with Gasteiger partial charge in [0.2, 0.25) is 24.3 Å². The van der Waals surface area contributed by atoms with Crippen molar-refractivity contribution in [1.82, 2.24) is 0 Å². The maximum absolute atomic E-state index is 9.87. The summed E-state index contributed by atoms with van der Waals surface area (Å²) in [6, 6.07) is 6.77. The molecule has 1 aromatic carbocycles. The average Bonchev–Trinajstić information content (AvgIpc) is 2.40. The van der Waals surface area contributed by atoms with Crippen LogP contribution in [0.5, 0.6) is 0 Å². The molecule has 0 unspecified atom stereocenters. The van der Waals surface area contributed by atoms with Crippen molar-refractivity contribution in [2.24, 2.45) is 9.98 Å². The molecule has 0 spiro atoms. The molecule has 0 fully saturated rings. The predicted octanol–water partition coefficient (Wildman–Crippen LogP) is 1.29. The first-order chi connectivity index (χ1) is 9.19. The Hall–Kier alpha value is -3.26. The first kappa shape index (κ1) is 18.1. The summed E-state index contributed by atoms with van der Waals surface area (Å²) in [5, 5.41) is 10.8. The Morgan fingerprint density at radius 3 is 1.74 bits per heavy atom. The third-order valence-corrected chi connectivity index (χ3v) is 1.44. The van der Waals surface area contributed by atoms with E-state index in [1.54, 1.807) is 24.3 Å². The van der Waals surface area contributed by atoms with Crippen molar-refractivity contribution >= 4 is 30.0 Å². The Balaban J connectivity index is 0. The molecule has 0 aliphatic rings. The maximum atomic E-state index is 9.87. The van der Waals surface area contributed by atoms with E-state index >= 15 is 0 Å². The van der Waals surface area contributed by atoms with Crippen LogP contribution in [0.15, 0.2) is 34.3 Å². The van der Waals surface area contributed by atoms with Crippen LogP contribution < -0.4 is 0 Å². The molecule has 0 heterocycles. The van der Waals surface area contributed by atoms with Gasteiger partial charge in [0.1, 0.15) is 0 Å². The number of aliphatic imine (C=N–C) groups is 2. The Morgan fingerprint density at radius 1 is 0.895 bits per heavy atom. The molecular formula is C11H8N4O4. The summed E-state index contributed by atoms with van der Waals surface area (Å²) in [4.78, 5) is 43.2. The molecule has 0 saturated heterocycles. The van der Waals surface area contributed by atoms with Gasteiger partial charge in [0.05, 0.1) is 12.2 Å². The standard InChI is InChI=1S/C9H6N2O2.2CHNO/c12-6-10-5-8-1-3-9(4-2-8)11-7-13;2*2-1-3/h1-4H,5H2;2*2H. The number of hydrogen-bond donors (Lipinski definition) is 2. The number of carbonyl (C=O) groups excluding carboxylic acids is 4. The lowest BCUT2D eigenvalue weighted by atomic mass is 10.2. The minimum absolute atomic E-state index is 0.300. The zero-order valence-corrected chi connectivity index (χ0v) is 9.54. The minimum Gasteiger partial charge on any atom is -0.222 e. The van der Waals surface area contributed by atoms with E-state index in [0.717, 1.165) is 17.7 Å². The fourth-order valence-corrected chi connectivity index (χ4v) is 0.852. The Morgan fingerprint density at radius 2 is 1.37 bits per heavy atom. The summed E-state index contributed by atoms with van der Waals surface area (Å²) in [5.74, 6) is 0. The number of benzene rings is 1. The molecule has 2 N–H and O–H groups in total. The van der Waals surface area contributed by atoms with E-state index in [9.17, 15) is 9.59 Å². The summed E-state index contributed by atoms with van der Waals surface area (Å²) in [6.45, 7) is 0.300. The average molecular weight is 260 g/mol. The van der Waals surface area contributed by atoms with E-state index in [4.69, 9.17) is 20.4 Å². The molecule has 0 aliphatic carbocycles. The summed E-state index contributed by atoms with van der Waals surface area (Å²) >= 11 is 0. The van der Waals surface area contributed by atoms with E-state index in [1.807, 2.05) is 0 Å². The van der Waals surface area contributed by atoms with Crippen molar-refractivity contribution in [1.29, 1.82) is 10.8 Å². The smallest absolute Gasteiger partial charge is 0.222 e. The second-order valence-corrected chi connectivity index (χ2v) is 2.48. The molecule has 0 aliphatic heterocycles. The van der Waals surface area contributed by atoms with E-state index in [0.29, 0.717) is 12.2 Å². The minimum atomic E-state index is 0.300. The number of rotatable bonds is 3. The Bertz CT molecular complexity index is 516. The van der Waals surface area contributed by atoms with Crippen LogP contribution in [0.1, 0.15) is 5.56 Å². The topological polar surface area (TPSA) is 141 Å². The van der Waals surface area contributed by atoms with Crippen molar-refractivity contribution in [2.75, 3.05) is 0 Å². The Labute approximate surface area is 107 Å². The van der Waals surface area contributed by atoms with Gasteiger partial charge in [-0.15, -0.1) is 0 Å². The van der Waals surface area contributed by atoms with Crippen molar-refractivity contribution in [3.63, 3.8) is 0 Å². The fourth-order valence-electron chi connectivity index (χ4n) is 0.852. The quantitative estimate of drug-likeness (QED) is 0.623. The van der Waals surface area contributed by atoms with Gasteiger partial charge in [-0.3, -0.25) is 0 Å². The molecule has 0 aromatic heterocycles. The van der Waals surface area contributed by atoms with Crippen molar-refractivity contribution < 1.29 is 19.2 Å². The van der Waals surface area contributed by atoms with Crippen molar-refractivity contribution in [2.45, 2.75) is 6.54 Å². The highest BCUT2D eigenvalue weighted by Gasteiger charge is 1.91. The first-order valence-corrected chi connectivity index (χ1v) is 4.48. The number of hydrogen-bond acceptors (Lipinski definition) is 8. The van der Waals surface area contributed by atoms with Gasteiger partial charge in [0, 0.05) is 0 Å². The molecule has 0 radical (unpaired) electrons. The van der Waals surface area contributed by atoms with Gasteiger partial charge in [0.25, 0.3) is 0 Å². The van der Waals surface area contributed by atoms with Crippen molar-refractivity contribution in [3.05, 3.63) is 29.8 Å². The molecule has 0 amide bonds. The van der Waals surface area contributed by atoms with E-state index in [2.05, 4.69) is 9.98 Å². The van der Waals surface area contributed by atoms with Gasteiger partial charge >= 0.3 is 0 Å². The molecule has 0 saturated carbocycles. The molecular weight excluding hydrogens is 252 g/mol. The predicted molar refractivity (Wildman–Crippen MR) is 62.9 cm³/mol. The lowest BCUT2D eigenvalue weighted by Gasteiger charge is -1.93. The number of nitrogens with one attached hydrogen (secondary N) is 2. The number of isocyanates is 4. The molecule has 8 heteroatoms. The van der Waals surface area contributed by atoms with Crippen LogP contribution in [0.3, 0.4) is 0 Å². The highest BCUT2D eigenvalue weighted by Crippen LogP contribution is 2.12. The SMILES string of the molecule is N=C=O.N=C=O.O=C=NCc1ccc(N=C=O)cc1. The van der Waals surface area contributed by atoms with Gasteiger partial charge in [0.15, 0.2) is 0 Å². The monoisotopic (exact) mass is 260 g/mol. The lowest BCUT2D eigenvalue weighted by molar-refractivity contribution is 0.562. The molecule has 1 rings (SSSR count).